The average Bonchev–Trinajstić information content (AvgIpc) is 2.62. The van der Waals surface area contributed by atoms with Crippen molar-refractivity contribution in [2.45, 2.75) is 0 Å². The number of anilines is 2. The summed E-state index contributed by atoms with van der Waals surface area (Å²) in [6, 6.07) is 11.5. The number of pyridine rings is 1. The Balaban J connectivity index is 2.14. The number of fused-ring (bicyclic) bond motifs is 1. The lowest BCUT2D eigenvalue weighted by molar-refractivity contribution is -0.384. The van der Waals surface area contributed by atoms with E-state index in [2.05, 4.69) is 16.4 Å². The third-order valence-electron chi connectivity index (χ3n) is 3.62. The van der Waals surface area contributed by atoms with E-state index in [4.69, 9.17) is 16.3 Å². The van der Waals surface area contributed by atoms with Crippen molar-refractivity contribution in [1.82, 2.24) is 4.98 Å². The van der Waals surface area contributed by atoms with Crippen LogP contribution in [0.15, 0.2) is 42.6 Å². The standard InChI is InChI=1S/C17H11ClN4O3/c1-25-12-3-5-15-13(7-12)17(10(8-19)9-20-15)21-16-4-2-11(22(23)24)6-14(16)18/h2-7,9H,1H3,(H,20,21). The number of ether oxygens (including phenoxy) is 1. The molecule has 0 aliphatic rings. The molecule has 1 N–H and O–H groups in total. The van der Waals surface area contributed by atoms with Gasteiger partial charge in [0.15, 0.2) is 0 Å². The Kier molecular flexibility index (Phi) is 4.37. The highest BCUT2D eigenvalue weighted by molar-refractivity contribution is 6.33. The Labute approximate surface area is 147 Å². The Morgan fingerprint density at radius 3 is 2.76 bits per heavy atom. The first-order chi connectivity index (χ1) is 12.0. The van der Waals surface area contributed by atoms with E-state index in [0.29, 0.717) is 33.6 Å². The zero-order valence-corrected chi connectivity index (χ0v) is 13.7. The molecule has 0 radical (unpaired) electrons. The van der Waals surface area contributed by atoms with Crippen LogP contribution in [0.25, 0.3) is 10.9 Å². The van der Waals surface area contributed by atoms with Crippen LogP contribution >= 0.6 is 11.6 Å². The molecule has 8 heteroatoms. The number of methoxy groups -OCH3 is 1. The summed E-state index contributed by atoms with van der Waals surface area (Å²) in [4.78, 5) is 14.6. The molecule has 3 aromatic rings. The number of aromatic nitrogens is 1. The molecule has 3 rings (SSSR count). The Morgan fingerprint density at radius 1 is 1.32 bits per heavy atom. The smallest absolute Gasteiger partial charge is 0.271 e. The number of non-ortho nitro benzene ring substituents is 1. The fourth-order valence-electron chi connectivity index (χ4n) is 2.37. The minimum absolute atomic E-state index is 0.114. The summed E-state index contributed by atoms with van der Waals surface area (Å²) in [5.41, 5.74) is 1.81. The quantitative estimate of drug-likeness (QED) is 0.549. The van der Waals surface area contributed by atoms with Crippen molar-refractivity contribution in [2.75, 3.05) is 12.4 Å². The van der Waals surface area contributed by atoms with Crippen LogP contribution in [0.1, 0.15) is 5.56 Å². The molecule has 0 saturated heterocycles. The molecule has 0 unspecified atom stereocenters. The number of halogens is 1. The number of nitro groups is 1. The van der Waals surface area contributed by atoms with Gasteiger partial charge in [0, 0.05) is 23.7 Å². The predicted molar refractivity (Wildman–Crippen MR) is 94.4 cm³/mol. The summed E-state index contributed by atoms with van der Waals surface area (Å²) in [5, 5.41) is 24.1. The molecule has 0 fully saturated rings. The van der Waals surface area contributed by atoms with Gasteiger partial charge in [-0.1, -0.05) is 11.6 Å². The number of nitrogens with zero attached hydrogens (tertiary/aromatic N) is 3. The van der Waals surface area contributed by atoms with E-state index >= 15 is 0 Å². The highest BCUT2D eigenvalue weighted by Crippen LogP contribution is 2.34. The van der Waals surface area contributed by atoms with Crippen molar-refractivity contribution >= 4 is 39.6 Å². The number of rotatable bonds is 4. The van der Waals surface area contributed by atoms with Gasteiger partial charge in [0.1, 0.15) is 11.8 Å². The van der Waals surface area contributed by atoms with Crippen molar-refractivity contribution in [1.29, 1.82) is 5.26 Å². The Hall–Kier alpha value is -3.37. The summed E-state index contributed by atoms with van der Waals surface area (Å²) in [6.07, 6.45) is 1.45. The number of nitriles is 1. The molecule has 1 aromatic heterocycles. The fourth-order valence-corrected chi connectivity index (χ4v) is 2.59. The third kappa shape index (κ3) is 3.16. The maximum atomic E-state index is 10.8. The number of hydrogen-bond acceptors (Lipinski definition) is 6. The van der Waals surface area contributed by atoms with Crippen LogP contribution in [0.5, 0.6) is 5.75 Å². The zero-order chi connectivity index (χ0) is 18.0. The van der Waals surface area contributed by atoms with Gasteiger partial charge < -0.3 is 10.1 Å². The molecule has 1 heterocycles. The third-order valence-corrected chi connectivity index (χ3v) is 3.93. The van der Waals surface area contributed by atoms with Gasteiger partial charge in [-0.05, 0) is 24.3 Å². The summed E-state index contributed by atoms with van der Waals surface area (Å²) in [7, 11) is 1.54. The van der Waals surface area contributed by atoms with E-state index in [1.807, 2.05) is 0 Å². The van der Waals surface area contributed by atoms with Crippen LogP contribution in [0.2, 0.25) is 5.02 Å². The number of nitrogens with one attached hydrogen (secondary N) is 1. The second-order valence-electron chi connectivity index (χ2n) is 5.09. The first-order valence-corrected chi connectivity index (χ1v) is 7.49. The van der Waals surface area contributed by atoms with Crippen LogP contribution in [0.4, 0.5) is 17.1 Å². The summed E-state index contributed by atoms with van der Waals surface area (Å²) in [6.45, 7) is 0. The lowest BCUT2D eigenvalue weighted by atomic mass is 10.1. The molecular weight excluding hydrogens is 344 g/mol. The summed E-state index contributed by atoms with van der Waals surface area (Å²) < 4.78 is 5.23. The molecule has 7 nitrogen and oxygen atoms in total. The van der Waals surface area contributed by atoms with Crippen LogP contribution in [-0.4, -0.2) is 17.0 Å². The maximum Gasteiger partial charge on any atom is 0.271 e. The molecule has 2 aromatic carbocycles. The van der Waals surface area contributed by atoms with Gasteiger partial charge in [-0.25, -0.2) is 0 Å². The second-order valence-corrected chi connectivity index (χ2v) is 5.50. The Bertz CT molecular complexity index is 1030. The average molecular weight is 355 g/mol. The van der Waals surface area contributed by atoms with Crippen molar-refractivity contribution in [2.24, 2.45) is 0 Å². The van der Waals surface area contributed by atoms with Gasteiger partial charge in [0.05, 0.1) is 39.5 Å². The second kappa shape index (κ2) is 6.63. The molecule has 0 spiro atoms. The molecule has 25 heavy (non-hydrogen) atoms. The van der Waals surface area contributed by atoms with E-state index in [-0.39, 0.29) is 10.7 Å². The van der Waals surface area contributed by atoms with Crippen molar-refractivity contribution in [3.05, 3.63) is 63.3 Å². The monoisotopic (exact) mass is 354 g/mol. The van der Waals surface area contributed by atoms with Gasteiger partial charge in [0.25, 0.3) is 5.69 Å². The van der Waals surface area contributed by atoms with Crippen LogP contribution in [-0.2, 0) is 0 Å². The van der Waals surface area contributed by atoms with Crippen LogP contribution in [0.3, 0.4) is 0 Å². The predicted octanol–water partition coefficient (Wildman–Crippen LogP) is 4.42. The highest BCUT2D eigenvalue weighted by atomic mass is 35.5. The van der Waals surface area contributed by atoms with Gasteiger partial charge in [-0.3, -0.25) is 15.1 Å². The minimum atomic E-state index is -0.525. The molecule has 0 saturated carbocycles. The largest absolute Gasteiger partial charge is 0.497 e. The molecule has 0 bridgehead atoms. The van der Waals surface area contributed by atoms with E-state index in [9.17, 15) is 15.4 Å². The number of hydrogen-bond donors (Lipinski definition) is 1. The molecule has 0 atom stereocenters. The molecule has 0 aliphatic heterocycles. The first-order valence-electron chi connectivity index (χ1n) is 7.11. The van der Waals surface area contributed by atoms with Gasteiger partial charge in [-0.2, -0.15) is 5.26 Å². The lowest BCUT2D eigenvalue weighted by Gasteiger charge is -2.13. The zero-order valence-electron chi connectivity index (χ0n) is 13.0. The lowest BCUT2D eigenvalue weighted by Crippen LogP contribution is -1.98. The normalized spacial score (nSPS) is 10.3. The van der Waals surface area contributed by atoms with E-state index in [1.54, 1.807) is 25.3 Å². The first kappa shape index (κ1) is 16.5. The molecule has 0 aliphatic carbocycles. The number of benzene rings is 2. The molecule has 124 valence electrons. The van der Waals surface area contributed by atoms with Crippen LogP contribution < -0.4 is 10.1 Å². The van der Waals surface area contributed by atoms with Crippen molar-refractivity contribution < 1.29 is 9.66 Å². The van der Waals surface area contributed by atoms with Crippen molar-refractivity contribution in [3.8, 4) is 11.8 Å². The van der Waals surface area contributed by atoms with Crippen molar-refractivity contribution in [3.63, 3.8) is 0 Å². The van der Waals surface area contributed by atoms with E-state index in [0.717, 1.165) is 0 Å². The summed E-state index contributed by atoms with van der Waals surface area (Å²) >= 11 is 6.14. The van der Waals surface area contributed by atoms with E-state index < -0.39 is 4.92 Å². The molecule has 0 amide bonds. The summed E-state index contributed by atoms with van der Waals surface area (Å²) in [5.74, 6) is 0.613. The van der Waals surface area contributed by atoms with Gasteiger partial charge in [-0.15, -0.1) is 0 Å². The fraction of sp³-hybridized carbons (Fsp3) is 0.0588. The SMILES string of the molecule is COc1ccc2ncc(C#N)c(Nc3ccc([N+](=O)[O-])cc3Cl)c2c1. The molecular formula is C17H11ClN4O3. The van der Waals surface area contributed by atoms with Crippen LogP contribution in [0, 0.1) is 21.4 Å². The minimum Gasteiger partial charge on any atom is -0.497 e. The van der Waals surface area contributed by atoms with Gasteiger partial charge >= 0.3 is 0 Å². The number of nitro benzene ring substituents is 1. The topological polar surface area (TPSA) is 101 Å². The van der Waals surface area contributed by atoms with E-state index in [1.165, 1.54) is 24.4 Å². The van der Waals surface area contributed by atoms with Gasteiger partial charge in [0.2, 0.25) is 0 Å². The maximum absolute atomic E-state index is 10.8. The highest BCUT2D eigenvalue weighted by Gasteiger charge is 2.14. The Morgan fingerprint density at radius 2 is 2.12 bits per heavy atom.